The maximum absolute atomic E-state index is 11.3. The molecule has 0 bridgehead atoms. The number of carbonyl (C=O) groups excluding carboxylic acids is 1. The van der Waals surface area contributed by atoms with Crippen LogP contribution in [0.3, 0.4) is 0 Å². The lowest BCUT2D eigenvalue weighted by Gasteiger charge is -2.07. The molecule has 148 valence electrons. The topological polar surface area (TPSA) is 66.8 Å². The van der Waals surface area contributed by atoms with Crippen LogP contribution in [-0.2, 0) is 9.53 Å². The van der Waals surface area contributed by atoms with E-state index in [0.29, 0.717) is 19.4 Å². The van der Waals surface area contributed by atoms with Crippen molar-refractivity contribution in [2.75, 3.05) is 13.2 Å². The summed E-state index contributed by atoms with van der Waals surface area (Å²) in [6.45, 7) is 2.60. The molecule has 0 heterocycles. The number of aliphatic hydroxyl groups is 2. The van der Waals surface area contributed by atoms with Crippen LogP contribution in [0.1, 0.15) is 96.8 Å². The lowest BCUT2D eigenvalue weighted by molar-refractivity contribution is -0.144. The highest BCUT2D eigenvalue weighted by atomic mass is 16.5. The Balaban J connectivity index is 3.30. The average molecular weight is 357 g/mol. The highest BCUT2D eigenvalue weighted by Gasteiger charge is 2.02. The van der Waals surface area contributed by atoms with Crippen LogP contribution < -0.4 is 0 Å². The molecule has 1 unspecified atom stereocenters. The SMILES string of the molecule is CCCCCCC(O)CC=CCCCCCCCC(=O)OCCCO. The molecule has 0 spiro atoms. The average Bonchev–Trinajstić information content (AvgIpc) is 2.60. The van der Waals surface area contributed by atoms with E-state index in [-0.39, 0.29) is 18.7 Å². The van der Waals surface area contributed by atoms with Gasteiger partial charge in [-0.15, -0.1) is 0 Å². The van der Waals surface area contributed by atoms with Crippen molar-refractivity contribution in [3.05, 3.63) is 12.2 Å². The van der Waals surface area contributed by atoms with E-state index in [4.69, 9.17) is 9.84 Å². The van der Waals surface area contributed by atoms with E-state index in [2.05, 4.69) is 19.1 Å². The Morgan fingerprint density at radius 3 is 2.44 bits per heavy atom. The quantitative estimate of drug-likeness (QED) is 0.208. The van der Waals surface area contributed by atoms with Crippen LogP contribution in [0.4, 0.5) is 0 Å². The molecule has 4 heteroatoms. The van der Waals surface area contributed by atoms with Gasteiger partial charge in [0, 0.05) is 19.4 Å². The summed E-state index contributed by atoms with van der Waals surface area (Å²) in [5.41, 5.74) is 0. The van der Waals surface area contributed by atoms with Crippen LogP contribution in [-0.4, -0.2) is 35.5 Å². The number of hydrogen-bond donors (Lipinski definition) is 2. The third-order valence-corrected chi connectivity index (χ3v) is 4.28. The number of allylic oxidation sites excluding steroid dienone is 1. The van der Waals surface area contributed by atoms with E-state index < -0.39 is 0 Å². The van der Waals surface area contributed by atoms with Crippen molar-refractivity contribution < 1.29 is 19.7 Å². The minimum atomic E-state index is -0.176. The maximum Gasteiger partial charge on any atom is 0.305 e. The van der Waals surface area contributed by atoms with Crippen molar-refractivity contribution in [1.29, 1.82) is 0 Å². The molecule has 25 heavy (non-hydrogen) atoms. The Hall–Kier alpha value is -0.870. The lowest BCUT2D eigenvalue weighted by atomic mass is 10.1. The van der Waals surface area contributed by atoms with E-state index in [1.165, 1.54) is 32.1 Å². The monoisotopic (exact) mass is 356 g/mol. The normalized spacial score (nSPS) is 12.6. The zero-order chi connectivity index (χ0) is 18.6. The zero-order valence-electron chi connectivity index (χ0n) is 16.3. The highest BCUT2D eigenvalue weighted by molar-refractivity contribution is 5.69. The number of hydrogen-bond acceptors (Lipinski definition) is 4. The van der Waals surface area contributed by atoms with E-state index in [1.807, 2.05) is 0 Å². The summed E-state index contributed by atoms with van der Waals surface area (Å²) in [5, 5.41) is 18.5. The van der Waals surface area contributed by atoms with Gasteiger partial charge >= 0.3 is 5.97 Å². The van der Waals surface area contributed by atoms with Gasteiger partial charge in [0.25, 0.3) is 0 Å². The van der Waals surface area contributed by atoms with E-state index in [9.17, 15) is 9.90 Å². The van der Waals surface area contributed by atoms with Crippen LogP contribution in [0.15, 0.2) is 12.2 Å². The molecule has 0 aliphatic heterocycles. The van der Waals surface area contributed by atoms with Crippen molar-refractivity contribution >= 4 is 5.97 Å². The Morgan fingerprint density at radius 2 is 1.68 bits per heavy atom. The molecule has 1 atom stereocenters. The second-order valence-electron chi connectivity index (χ2n) is 6.81. The van der Waals surface area contributed by atoms with Crippen molar-refractivity contribution in [3.63, 3.8) is 0 Å². The Bertz CT molecular complexity index is 315. The fourth-order valence-corrected chi connectivity index (χ4v) is 2.68. The van der Waals surface area contributed by atoms with Crippen LogP contribution in [0.25, 0.3) is 0 Å². The number of aliphatic hydroxyl groups excluding tert-OH is 2. The second-order valence-corrected chi connectivity index (χ2v) is 6.81. The Labute approximate surface area is 154 Å². The molecule has 0 aromatic carbocycles. The maximum atomic E-state index is 11.3. The van der Waals surface area contributed by atoms with Crippen LogP contribution in [0.5, 0.6) is 0 Å². The summed E-state index contributed by atoms with van der Waals surface area (Å²) >= 11 is 0. The van der Waals surface area contributed by atoms with Crippen LogP contribution >= 0.6 is 0 Å². The first-order valence-electron chi connectivity index (χ1n) is 10.3. The smallest absolute Gasteiger partial charge is 0.305 e. The summed E-state index contributed by atoms with van der Waals surface area (Å²) < 4.78 is 4.98. The third kappa shape index (κ3) is 19.3. The summed E-state index contributed by atoms with van der Waals surface area (Å²) in [5.74, 6) is -0.148. The van der Waals surface area contributed by atoms with Crippen molar-refractivity contribution in [3.8, 4) is 0 Å². The molecule has 0 aromatic rings. The summed E-state index contributed by atoms with van der Waals surface area (Å²) in [6.07, 6.45) is 18.3. The van der Waals surface area contributed by atoms with E-state index in [0.717, 1.165) is 44.9 Å². The minimum Gasteiger partial charge on any atom is -0.466 e. The number of ether oxygens (including phenoxy) is 1. The summed E-state index contributed by atoms with van der Waals surface area (Å²) in [7, 11) is 0. The van der Waals surface area contributed by atoms with Crippen molar-refractivity contribution in [1.82, 2.24) is 0 Å². The molecule has 0 rings (SSSR count). The highest BCUT2D eigenvalue weighted by Crippen LogP contribution is 2.10. The fourth-order valence-electron chi connectivity index (χ4n) is 2.68. The number of carbonyl (C=O) groups is 1. The van der Waals surface area contributed by atoms with Gasteiger partial charge in [0.1, 0.15) is 0 Å². The second kappa shape index (κ2) is 19.5. The first-order valence-corrected chi connectivity index (χ1v) is 10.3. The van der Waals surface area contributed by atoms with Gasteiger partial charge in [-0.1, -0.05) is 64.0 Å². The van der Waals surface area contributed by atoms with E-state index in [1.54, 1.807) is 0 Å². The molecular weight excluding hydrogens is 316 g/mol. The molecule has 4 nitrogen and oxygen atoms in total. The molecule has 0 amide bonds. The molecule has 0 fully saturated rings. The first-order chi connectivity index (χ1) is 12.2. The summed E-state index contributed by atoms with van der Waals surface area (Å²) in [4.78, 5) is 11.3. The fraction of sp³-hybridized carbons (Fsp3) is 0.857. The van der Waals surface area contributed by atoms with Gasteiger partial charge in [-0.05, 0) is 32.1 Å². The third-order valence-electron chi connectivity index (χ3n) is 4.28. The molecule has 0 aliphatic rings. The van der Waals surface area contributed by atoms with Gasteiger partial charge < -0.3 is 14.9 Å². The van der Waals surface area contributed by atoms with E-state index >= 15 is 0 Å². The lowest BCUT2D eigenvalue weighted by Crippen LogP contribution is -2.06. The van der Waals surface area contributed by atoms with Gasteiger partial charge in [-0.25, -0.2) is 0 Å². The number of esters is 1. The summed E-state index contributed by atoms with van der Waals surface area (Å²) in [6, 6.07) is 0. The van der Waals surface area contributed by atoms with Crippen LogP contribution in [0, 0.1) is 0 Å². The van der Waals surface area contributed by atoms with Crippen molar-refractivity contribution in [2.45, 2.75) is 103 Å². The first kappa shape index (κ1) is 24.1. The zero-order valence-corrected chi connectivity index (χ0v) is 16.3. The predicted octanol–water partition coefficient (Wildman–Crippen LogP) is 4.92. The minimum absolute atomic E-state index is 0.0691. The van der Waals surface area contributed by atoms with Gasteiger partial charge in [-0.2, -0.15) is 0 Å². The van der Waals surface area contributed by atoms with Gasteiger partial charge in [0.15, 0.2) is 0 Å². The predicted molar refractivity (Wildman–Crippen MR) is 104 cm³/mol. The van der Waals surface area contributed by atoms with Gasteiger partial charge in [0.05, 0.1) is 12.7 Å². The van der Waals surface area contributed by atoms with Crippen LogP contribution in [0.2, 0.25) is 0 Å². The standard InChI is InChI=1S/C21H40O4/c1-2-3-4-11-15-20(23)16-12-9-7-5-6-8-10-13-17-21(24)25-19-14-18-22/h9,12,20,22-23H,2-8,10-11,13-19H2,1H3. The molecule has 2 N–H and O–H groups in total. The number of unbranched alkanes of at least 4 members (excludes halogenated alkanes) is 8. The number of rotatable bonds is 18. The molecular formula is C21H40O4. The van der Waals surface area contributed by atoms with Gasteiger partial charge in [-0.3, -0.25) is 4.79 Å². The molecule has 0 aliphatic carbocycles. The van der Waals surface area contributed by atoms with Gasteiger partial charge in [0.2, 0.25) is 0 Å². The molecule has 0 saturated heterocycles. The molecule has 0 aromatic heterocycles. The Morgan fingerprint density at radius 1 is 0.960 bits per heavy atom. The molecule has 0 radical (unpaired) electrons. The largest absolute Gasteiger partial charge is 0.466 e. The Kier molecular flexibility index (Phi) is 18.8. The molecule has 0 saturated carbocycles. The van der Waals surface area contributed by atoms with Crippen molar-refractivity contribution in [2.24, 2.45) is 0 Å².